The van der Waals surface area contributed by atoms with Crippen LogP contribution in [0.1, 0.15) is 32.6 Å². The summed E-state index contributed by atoms with van der Waals surface area (Å²) in [6.07, 6.45) is 4.82. The van der Waals surface area contributed by atoms with Crippen LogP contribution in [0.15, 0.2) is 12.3 Å². The van der Waals surface area contributed by atoms with Crippen LogP contribution in [0.25, 0.3) is 0 Å². The number of aliphatic hydroxyl groups is 1. The van der Waals surface area contributed by atoms with E-state index in [-0.39, 0.29) is 0 Å². The second kappa shape index (κ2) is 5.59. The lowest BCUT2D eigenvalue weighted by atomic mass is 10.2. The second-order valence-corrected chi connectivity index (χ2v) is 2.99. The minimum absolute atomic E-state index is 0.518. The molecule has 0 fully saturated rings. The summed E-state index contributed by atoms with van der Waals surface area (Å²) in [5.74, 6) is 0.518. The van der Waals surface area contributed by atoms with Gasteiger partial charge in [0.15, 0.2) is 6.29 Å². The van der Waals surface area contributed by atoms with Gasteiger partial charge in [0.2, 0.25) is 5.88 Å². The SMILES string of the molecule is CCCCCC(O)Oc1ccn[nH]1. The van der Waals surface area contributed by atoms with Crippen LogP contribution in [-0.2, 0) is 0 Å². The van der Waals surface area contributed by atoms with E-state index in [2.05, 4.69) is 17.1 Å². The van der Waals surface area contributed by atoms with Gasteiger partial charge in [0.25, 0.3) is 0 Å². The number of aliphatic hydroxyl groups excluding tert-OH is 1. The highest BCUT2D eigenvalue weighted by molar-refractivity contribution is 5.04. The molecule has 0 bridgehead atoms. The first-order chi connectivity index (χ1) is 6.33. The Hall–Kier alpha value is -1.03. The molecular weight excluding hydrogens is 168 g/mol. The first kappa shape index (κ1) is 10.1. The molecular formula is C9H16N2O2. The van der Waals surface area contributed by atoms with Crippen LogP contribution in [-0.4, -0.2) is 21.6 Å². The van der Waals surface area contributed by atoms with Crippen molar-refractivity contribution in [2.45, 2.75) is 38.9 Å². The normalized spacial score (nSPS) is 12.8. The van der Waals surface area contributed by atoms with Crippen molar-refractivity contribution in [3.05, 3.63) is 12.3 Å². The number of unbranched alkanes of at least 4 members (excludes halogenated alkanes) is 2. The lowest BCUT2D eigenvalue weighted by Crippen LogP contribution is -2.15. The maximum atomic E-state index is 9.38. The standard InChI is InChI=1S/C9H16N2O2/c1-2-3-4-5-9(12)13-8-6-7-10-11-8/h6-7,9,12H,2-5H2,1H3,(H,10,11). The van der Waals surface area contributed by atoms with Gasteiger partial charge < -0.3 is 9.84 Å². The second-order valence-electron chi connectivity index (χ2n) is 2.99. The quantitative estimate of drug-likeness (QED) is 0.522. The Labute approximate surface area is 77.9 Å². The molecule has 13 heavy (non-hydrogen) atoms. The van der Waals surface area contributed by atoms with Crippen LogP contribution in [0.2, 0.25) is 0 Å². The Morgan fingerprint density at radius 1 is 1.62 bits per heavy atom. The van der Waals surface area contributed by atoms with Crippen molar-refractivity contribution in [2.24, 2.45) is 0 Å². The van der Waals surface area contributed by atoms with Gasteiger partial charge in [0.05, 0.1) is 6.20 Å². The van der Waals surface area contributed by atoms with Gasteiger partial charge in [-0.2, -0.15) is 5.10 Å². The number of ether oxygens (including phenoxy) is 1. The number of aromatic amines is 1. The molecule has 74 valence electrons. The van der Waals surface area contributed by atoms with E-state index >= 15 is 0 Å². The molecule has 1 aromatic heterocycles. The van der Waals surface area contributed by atoms with Crippen LogP contribution < -0.4 is 4.74 Å². The Morgan fingerprint density at radius 3 is 3.08 bits per heavy atom. The van der Waals surface area contributed by atoms with Crippen molar-refractivity contribution in [2.75, 3.05) is 0 Å². The Kier molecular flexibility index (Phi) is 4.32. The summed E-state index contributed by atoms with van der Waals surface area (Å²) in [5, 5.41) is 15.7. The van der Waals surface area contributed by atoms with Crippen molar-refractivity contribution >= 4 is 0 Å². The third-order valence-corrected chi connectivity index (χ3v) is 1.79. The van der Waals surface area contributed by atoms with E-state index in [1.807, 2.05) is 0 Å². The topological polar surface area (TPSA) is 58.1 Å². The Morgan fingerprint density at radius 2 is 2.46 bits per heavy atom. The van der Waals surface area contributed by atoms with Crippen molar-refractivity contribution in [3.8, 4) is 5.88 Å². The molecule has 1 rings (SSSR count). The molecule has 0 amide bonds. The summed E-state index contributed by atoms with van der Waals surface area (Å²) in [4.78, 5) is 0. The van der Waals surface area contributed by atoms with Gasteiger partial charge in [-0.3, -0.25) is 0 Å². The molecule has 0 aliphatic heterocycles. The zero-order valence-electron chi connectivity index (χ0n) is 7.86. The molecule has 1 heterocycles. The van der Waals surface area contributed by atoms with Gasteiger partial charge >= 0.3 is 0 Å². The summed E-state index contributed by atoms with van der Waals surface area (Å²) >= 11 is 0. The summed E-state index contributed by atoms with van der Waals surface area (Å²) < 4.78 is 5.14. The van der Waals surface area contributed by atoms with E-state index in [4.69, 9.17) is 4.74 Å². The van der Waals surface area contributed by atoms with Gasteiger partial charge in [-0.25, -0.2) is 5.10 Å². The first-order valence-electron chi connectivity index (χ1n) is 4.67. The number of rotatable bonds is 6. The van der Waals surface area contributed by atoms with E-state index in [1.165, 1.54) is 0 Å². The largest absolute Gasteiger partial charge is 0.449 e. The van der Waals surface area contributed by atoms with Gasteiger partial charge in [0, 0.05) is 12.5 Å². The predicted octanol–water partition coefficient (Wildman–Crippen LogP) is 1.69. The molecule has 0 saturated heterocycles. The number of hydrogen-bond acceptors (Lipinski definition) is 3. The average molecular weight is 184 g/mol. The number of nitrogens with one attached hydrogen (secondary N) is 1. The zero-order chi connectivity index (χ0) is 9.52. The first-order valence-corrected chi connectivity index (χ1v) is 4.67. The molecule has 0 aromatic carbocycles. The van der Waals surface area contributed by atoms with E-state index in [0.29, 0.717) is 12.3 Å². The fourth-order valence-corrected chi connectivity index (χ4v) is 1.08. The number of aromatic nitrogens is 2. The fourth-order valence-electron chi connectivity index (χ4n) is 1.08. The van der Waals surface area contributed by atoms with Crippen LogP contribution in [0.3, 0.4) is 0 Å². The van der Waals surface area contributed by atoms with Gasteiger partial charge in [-0.15, -0.1) is 0 Å². The summed E-state index contributed by atoms with van der Waals surface area (Å²) in [6.45, 7) is 2.13. The van der Waals surface area contributed by atoms with Crippen molar-refractivity contribution in [1.82, 2.24) is 10.2 Å². The molecule has 0 saturated carbocycles. The van der Waals surface area contributed by atoms with Crippen molar-refractivity contribution < 1.29 is 9.84 Å². The van der Waals surface area contributed by atoms with E-state index < -0.39 is 6.29 Å². The number of hydrogen-bond donors (Lipinski definition) is 2. The number of H-pyrrole nitrogens is 1. The van der Waals surface area contributed by atoms with Crippen LogP contribution >= 0.6 is 0 Å². The van der Waals surface area contributed by atoms with Crippen LogP contribution in [0, 0.1) is 0 Å². The van der Waals surface area contributed by atoms with Crippen LogP contribution in [0.5, 0.6) is 5.88 Å². The molecule has 1 atom stereocenters. The van der Waals surface area contributed by atoms with Crippen molar-refractivity contribution in [1.29, 1.82) is 0 Å². The molecule has 0 spiro atoms. The fraction of sp³-hybridized carbons (Fsp3) is 0.667. The maximum absolute atomic E-state index is 9.38. The lowest BCUT2D eigenvalue weighted by Gasteiger charge is -2.10. The third-order valence-electron chi connectivity index (χ3n) is 1.79. The molecule has 0 radical (unpaired) electrons. The third kappa shape index (κ3) is 3.94. The molecule has 0 aliphatic rings. The summed E-state index contributed by atoms with van der Waals surface area (Å²) in [7, 11) is 0. The summed E-state index contributed by atoms with van der Waals surface area (Å²) in [5.41, 5.74) is 0. The van der Waals surface area contributed by atoms with Crippen LogP contribution in [0.4, 0.5) is 0 Å². The molecule has 4 heteroatoms. The highest BCUT2D eigenvalue weighted by Gasteiger charge is 2.05. The lowest BCUT2D eigenvalue weighted by molar-refractivity contribution is -0.0276. The highest BCUT2D eigenvalue weighted by Crippen LogP contribution is 2.09. The minimum Gasteiger partial charge on any atom is -0.449 e. The average Bonchev–Trinajstić information content (AvgIpc) is 2.57. The maximum Gasteiger partial charge on any atom is 0.211 e. The number of nitrogens with zero attached hydrogens (tertiary/aromatic N) is 1. The van der Waals surface area contributed by atoms with Gasteiger partial charge in [0.1, 0.15) is 0 Å². The van der Waals surface area contributed by atoms with Gasteiger partial charge in [-0.1, -0.05) is 19.8 Å². The smallest absolute Gasteiger partial charge is 0.211 e. The molecule has 2 N–H and O–H groups in total. The van der Waals surface area contributed by atoms with E-state index in [9.17, 15) is 5.11 Å². The zero-order valence-corrected chi connectivity index (χ0v) is 7.86. The van der Waals surface area contributed by atoms with Gasteiger partial charge in [-0.05, 0) is 6.42 Å². The van der Waals surface area contributed by atoms with Crippen molar-refractivity contribution in [3.63, 3.8) is 0 Å². The molecule has 0 aliphatic carbocycles. The van der Waals surface area contributed by atoms with E-state index in [0.717, 1.165) is 19.3 Å². The van der Waals surface area contributed by atoms with E-state index in [1.54, 1.807) is 12.3 Å². The molecule has 4 nitrogen and oxygen atoms in total. The monoisotopic (exact) mass is 184 g/mol. The highest BCUT2D eigenvalue weighted by atomic mass is 16.6. The Bertz CT molecular complexity index is 211. The minimum atomic E-state index is -0.716. The Balaban J connectivity index is 2.14. The molecule has 1 unspecified atom stereocenters. The molecule has 1 aromatic rings. The summed E-state index contributed by atoms with van der Waals surface area (Å²) in [6, 6.07) is 1.68. The predicted molar refractivity (Wildman–Crippen MR) is 49.4 cm³/mol.